The average Bonchev–Trinajstić information content (AvgIpc) is 3.47. The van der Waals surface area contributed by atoms with E-state index in [1.165, 1.54) is 0 Å². The second-order valence-electron chi connectivity index (χ2n) is 14.6. The van der Waals surface area contributed by atoms with Gasteiger partial charge in [0, 0.05) is 11.1 Å². The number of aryl methyl sites for hydroxylation is 4. The molecule has 0 aromatic heterocycles. The van der Waals surface area contributed by atoms with Crippen molar-refractivity contribution in [2.24, 2.45) is 0 Å². The summed E-state index contributed by atoms with van der Waals surface area (Å²) in [6.07, 6.45) is 2.80. The second-order valence-corrected chi connectivity index (χ2v) is 19.5. The van der Waals surface area contributed by atoms with Crippen LogP contribution in [0.3, 0.4) is 0 Å². The first-order chi connectivity index (χ1) is 26.9. The van der Waals surface area contributed by atoms with E-state index in [0.717, 1.165) is 57.3 Å². The van der Waals surface area contributed by atoms with Gasteiger partial charge in [-0.1, -0.05) is 96.3 Å². The maximum Gasteiger partial charge on any atom is 0.425 e. The van der Waals surface area contributed by atoms with Gasteiger partial charge in [-0.25, -0.2) is 0 Å². The summed E-state index contributed by atoms with van der Waals surface area (Å²) in [6.45, 7) is 10.7. The molecule has 0 unspecified atom stereocenters. The molecule has 0 aliphatic heterocycles. The Morgan fingerprint density at radius 2 is 0.845 bits per heavy atom. The van der Waals surface area contributed by atoms with E-state index in [9.17, 15) is 34.4 Å². The van der Waals surface area contributed by atoms with E-state index in [-0.39, 0.29) is 5.75 Å². The number of benzene rings is 4. The van der Waals surface area contributed by atoms with Crippen LogP contribution in [-0.2, 0) is 61.6 Å². The fourth-order valence-corrected chi connectivity index (χ4v) is 10.3. The van der Waals surface area contributed by atoms with Crippen molar-refractivity contribution in [2.45, 2.75) is 71.5 Å². The molecule has 58 heavy (non-hydrogen) atoms. The van der Waals surface area contributed by atoms with Gasteiger partial charge in [-0.3, -0.25) is 13.7 Å². The van der Waals surface area contributed by atoms with Gasteiger partial charge in [0.05, 0.1) is 35.9 Å². The molecule has 2 aliphatic carbocycles. The van der Waals surface area contributed by atoms with Gasteiger partial charge in [-0.05, 0) is 92.5 Å². The van der Waals surface area contributed by atoms with E-state index in [4.69, 9.17) is 26.7 Å². The zero-order valence-electron chi connectivity index (χ0n) is 32.8. The van der Waals surface area contributed by atoms with E-state index in [1.54, 1.807) is 38.1 Å². The molecular formula is C40H48O14S4. The van der Waals surface area contributed by atoms with E-state index in [1.807, 2.05) is 12.1 Å². The van der Waals surface area contributed by atoms with Crippen molar-refractivity contribution in [3.63, 3.8) is 0 Å². The van der Waals surface area contributed by atoms with Crippen molar-refractivity contribution in [3.05, 3.63) is 117 Å². The van der Waals surface area contributed by atoms with Gasteiger partial charge >= 0.3 is 10.6 Å². The third-order valence-electron chi connectivity index (χ3n) is 9.78. The number of ether oxygens (including phenoxy) is 2. The van der Waals surface area contributed by atoms with Crippen molar-refractivity contribution in [2.75, 3.05) is 30.5 Å². The van der Waals surface area contributed by atoms with Crippen LogP contribution in [0.1, 0.15) is 77.1 Å². The summed E-state index contributed by atoms with van der Waals surface area (Å²) in [5, 5.41) is 0. The van der Waals surface area contributed by atoms with E-state index in [0.29, 0.717) is 48.3 Å². The van der Waals surface area contributed by atoms with Gasteiger partial charge in [0.1, 0.15) is 0 Å². The Balaban J connectivity index is 0.000000237. The van der Waals surface area contributed by atoms with Crippen molar-refractivity contribution < 1.29 is 61.0 Å². The molecule has 6 rings (SSSR count). The van der Waals surface area contributed by atoms with Crippen LogP contribution in [0.15, 0.2) is 72.8 Å². The summed E-state index contributed by atoms with van der Waals surface area (Å²) < 4.78 is 135. The molecule has 0 radical (unpaired) electrons. The molecule has 2 aliphatic rings. The Morgan fingerprint density at radius 3 is 1.17 bits per heavy atom. The van der Waals surface area contributed by atoms with Gasteiger partial charge < -0.3 is 9.47 Å². The molecule has 0 bridgehead atoms. The number of hydrogen-bond donors (Lipinski definition) is 3. The van der Waals surface area contributed by atoms with Crippen LogP contribution < -0.4 is 0 Å². The fraction of sp³-hybridized carbons (Fsp3) is 0.400. The van der Waals surface area contributed by atoms with Gasteiger partial charge in [0.2, 0.25) is 5.79 Å². The minimum absolute atomic E-state index is 0.258. The van der Waals surface area contributed by atoms with E-state index < -0.39 is 63.7 Å². The molecule has 18 heteroatoms. The molecule has 0 spiro atoms. The third kappa shape index (κ3) is 11.7. The average molecular weight is 881 g/mol. The largest absolute Gasteiger partial charge is 0.425 e. The van der Waals surface area contributed by atoms with Crippen LogP contribution in [0.4, 0.5) is 0 Å². The summed E-state index contributed by atoms with van der Waals surface area (Å²) in [4.78, 5) is 0. The molecule has 0 fully saturated rings. The Hall–Kier alpha value is -3.85. The summed E-state index contributed by atoms with van der Waals surface area (Å²) in [5.41, 5.74) is 8.92. The minimum Gasteiger partial charge on any atom is -0.342 e. The zero-order chi connectivity index (χ0) is 43.3. The van der Waals surface area contributed by atoms with Crippen molar-refractivity contribution in [1.82, 2.24) is 0 Å². The maximum absolute atomic E-state index is 11.7. The third-order valence-corrected chi connectivity index (χ3v) is 12.3. The molecule has 0 heterocycles. The van der Waals surface area contributed by atoms with Crippen molar-refractivity contribution in [1.29, 1.82) is 0 Å². The monoisotopic (exact) mass is 880 g/mol. The zero-order valence-corrected chi connectivity index (χ0v) is 36.0. The molecule has 3 N–H and O–H groups in total. The first-order valence-electron chi connectivity index (χ1n) is 18.3. The highest BCUT2D eigenvalue weighted by atomic mass is 32.2. The lowest BCUT2D eigenvalue weighted by atomic mass is 9.81. The highest BCUT2D eigenvalue weighted by molar-refractivity contribution is 7.87. The first kappa shape index (κ1) is 46.8. The van der Waals surface area contributed by atoms with Crippen LogP contribution >= 0.6 is 0 Å². The summed E-state index contributed by atoms with van der Waals surface area (Å²) in [5.74, 6) is -2.90. The molecule has 4 aromatic carbocycles. The van der Waals surface area contributed by atoms with Gasteiger partial charge in [-0.15, -0.1) is 12.6 Å². The van der Waals surface area contributed by atoms with Crippen molar-refractivity contribution >= 4 is 41.0 Å². The predicted octanol–water partition coefficient (Wildman–Crippen LogP) is 6.33. The lowest BCUT2D eigenvalue weighted by Crippen LogP contribution is -2.40. The minimum atomic E-state index is -4.53. The summed E-state index contributed by atoms with van der Waals surface area (Å²) >= 11 is 0. The molecule has 0 atom stereocenters. The second kappa shape index (κ2) is 18.6. The lowest BCUT2D eigenvalue weighted by molar-refractivity contribution is -0.216. The highest BCUT2D eigenvalue weighted by Gasteiger charge is 2.49. The maximum atomic E-state index is 11.7. The predicted molar refractivity (Wildman–Crippen MR) is 219 cm³/mol. The molecule has 316 valence electrons. The van der Waals surface area contributed by atoms with Gasteiger partial charge in [0.25, 0.3) is 30.4 Å². The fourth-order valence-electron chi connectivity index (χ4n) is 7.49. The van der Waals surface area contributed by atoms with Crippen molar-refractivity contribution in [3.8, 4) is 22.3 Å². The molecule has 0 amide bonds. The normalized spacial score (nSPS) is 14.5. The Labute approximate surface area is 341 Å². The van der Waals surface area contributed by atoms with Gasteiger partial charge in [-0.2, -0.15) is 25.3 Å². The van der Waals surface area contributed by atoms with Crippen LogP contribution in [0.2, 0.25) is 0 Å². The number of rotatable bonds is 14. The standard InChI is InChI=1S/C23H30O5S.C17H18O6S2.O3S/c1-4-5-12-27-23(28-13-6-7-14-29(24,25)26)21-15-17(2)8-10-19(21)20-11-9-18(3)16-22(20)23;1-11-3-5-13-14-6-4-12(2)8-16(14)17(15(13)7-11,9-24(18,19)20)10-25(21,22)23;1-4(2)3/h8-11,15-16H,4-7,12-14H2,1-3H3,(H,24,25,26);3-8H,9-10H2,1-2H3,(H,18,19,20)(H,21,22,23);. The lowest BCUT2D eigenvalue weighted by Gasteiger charge is -2.32. The Kier molecular flexibility index (Phi) is 15.0. The molecule has 14 nitrogen and oxygen atoms in total. The summed E-state index contributed by atoms with van der Waals surface area (Å²) in [6, 6.07) is 23.4. The quantitative estimate of drug-likeness (QED) is 0.0714. The SMILES string of the molecule is CCCCOC1(OCCCCS(=O)(=O)O)c2cc(C)ccc2-c2ccc(C)cc21.Cc1ccc2c(c1)C(CS(=O)(=O)O)(CS(=O)(=O)O)c1cc(C)ccc1-2.O=S(=O)=O. The topological polar surface area (TPSA) is 233 Å². The van der Waals surface area contributed by atoms with E-state index >= 15 is 0 Å². The number of unbranched alkanes of at least 4 members (excludes halogenated alkanes) is 2. The summed E-state index contributed by atoms with van der Waals surface area (Å²) in [7, 11) is -16.1. The van der Waals surface area contributed by atoms with E-state index in [2.05, 4.69) is 57.2 Å². The molecule has 0 saturated carbocycles. The number of hydrogen-bond acceptors (Lipinski definition) is 11. The van der Waals surface area contributed by atoms with Gasteiger partial charge in [0.15, 0.2) is 0 Å². The molecule has 4 aromatic rings. The number of fused-ring (bicyclic) bond motifs is 6. The smallest absolute Gasteiger partial charge is 0.342 e. The highest BCUT2D eigenvalue weighted by Crippen LogP contribution is 2.52. The van der Waals surface area contributed by atoms with Crippen LogP contribution in [0.5, 0.6) is 0 Å². The first-order valence-corrected chi connectivity index (χ1v) is 24.1. The van der Waals surface area contributed by atoms with Crippen LogP contribution in [0.25, 0.3) is 22.3 Å². The Bertz CT molecular complexity index is 2460. The molecule has 0 saturated heterocycles. The van der Waals surface area contributed by atoms with Crippen LogP contribution in [0, 0.1) is 27.7 Å². The Morgan fingerprint density at radius 1 is 0.517 bits per heavy atom. The van der Waals surface area contributed by atoms with Crippen LogP contribution in [-0.4, -0.2) is 82.0 Å². The molecular weight excluding hydrogens is 833 g/mol.